The second-order valence-corrected chi connectivity index (χ2v) is 6.42. The molecule has 1 aromatic heterocycles. The maximum atomic E-state index is 12.0. The second kappa shape index (κ2) is 5.26. The average molecular weight is 348 g/mol. The van der Waals surface area contributed by atoms with Crippen LogP contribution in [0, 0.1) is 0 Å². The topological polar surface area (TPSA) is 59.1 Å². The van der Waals surface area contributed by atoms with Gasteiger partial charge in [0.1, 0.15) is 5.15 Å². The molecule has 0 saturated carbocycles. The van der Waals surface area contributed by atoms with Gasteiger partial charge >= 0.3 is 0 Å². The Bertz CT molecular complexity index is 659. The highest BCUT2D eigenvalue weighted by Crippen LogP contribution is 2.19. The number of pyridine rings is 1. The van der Waals surface area contributed by atoms with E-state index in [4.69, 9.17) is 11.6 Å². The summed E-state index contributed by atoms with van der Waals surface area (Å²) in [5, 5.41) is 0.306. The van der Waals surface area contributed by atoms with Crippen LogP contribution in [0.5, 0.6) is 0 Å². The fourth-order valence-electron chi connectivity index (χ4n) is 1.28. The standard InChI is InChI=1S/C11H8BrClN2O2S/c12-8-2-1-3-10(6-8)18(16,17)15-9-4-5-11(13)14-7-9/h1-7,15H. The van der Waals surface area contributed by atoms with Crippen LogP contribution in [0.25, 0.3) is 0 Å². The quantitative estimate of drug-likeness (QED) is 0.867. The fraction of sp³-hybridized carbons (Fsp3) is 0. The van der Waals surface area contributed by atoms with Crippen LogP contribution in [0.3, 0.4) is 0 Å². The molecule has 1 heterocycles. The van der Waals surface area contributed by atoms with Crippen LogP contribution in [0.2, 0.25) is 5.15 Å². The summed E-state index contributed by atoms with van der Waals surface area (Å²) in [6.07, 6.45) is 1.36. The first-order valence-electron chi connectivity index (χ1n) is 4.87. The van der Waals surface area contributed by atoms with E-state index in [1.807, 2.05) is 0 Å². The van der Waals surface area contributed by atoms with Gasteiger partial charge in [0.25, 0.3) is 10.0 Å². The zero-order chi connectivity index (χ0) is 13.2. The largest absolute Gasteiger partial charge is 0.278 e. The fourth-order valence-corrected chi connectivity index (χ4v) is 3.04. The molecule has 7 heteroatoms. The Hall–Kier alpha value is -1.11. The van der Waals surface area contributed by atoms with E-state index < -0.39 is 10.0 Å². The Morgan fingerprint density at radius 2 is 2.00 bits per heavy atom. The van der Waals surface area contributed by atoms with Gasteiger partial charge in [-0.1, -0.05) is 33.6 Å². The smallest absolute Gasteiger partial charge is 0.261 e. The summed E-state index contributed by atoms with van der Waals surface area (Å²) in [5.41, 5.74) is 0.361. The molecule has 0 bridgehead atoms. The number of halogens is 2. The van der Waals surface area contributed by atoms with Crippen molar-refractivity contribution in [2.75, 3.05) is 4.72 Å². The third-order valence-corrected chi connectivity index (χ3v) is 4.18. The van der Waals surface area contributed by atoms with E-state index in [-0.39, 0.29) is 4.90 Å². The number of hydrogen-bond acceptors (Lipinski definition) is 3. The van der Waals surface area contributed by atoms with Gasteiger partial charge in [0, 0.05) is 4.47 Å². The summed E-state index contributed by atoms with van der Waals surface area (Å²) in [5.74, 6) is 0. The van der Waals surface area contributed by atoms with Gasteiger partial charge in [0.05, 0.1) is 16.8 Å². The zero-order valence-corrected chi connectivity index (χ0v) is 12.1. The molecule has 94 valence electrons. The Morgan fingerprint density at radius 1 is 1.22 bits per heavy atom. The zero-order valence-electron chi connectivity index (χ0n) is 8.97. The number of anilines is 1. The van der Waals surface area contributed by atoms with Crippen molar-refractivity contribution in [2.24, 2.45) is 0 Å². The van der Waals surface area contributed by atoms with E-state index in [9.17, 15) is 8.42 Å². The first-order chi connectivity index (χ1) is 8.47. The van der Waals surface area contributed by atoms with Crippen LogP contribution in [0.1, 0.15) is 0 Å². The predicted molar refractivity (Wildman–Crippen MR) is 74.2 cm³/mol. The molecule has 18 heavy (non-hydrogen) atoms. The lowest BCUT2D eigenvalue weighted by molar-refractivity contribution is 0.601. The lowest BCUT2D eigenvalue weighted by Gasteiger charge is -2.07. The molecule has 4 nitrogen and oxygen atoms in total. The van der Waals surface area contributed by atoms with Crippen molar-refractivity contribution in [3.63, 3.8) is 0 Å². The van der Waals surface area contributed by atoms with E-state index in [0.717, 1.165) is 0 Å². The van der Waals surface area contributed by atoms with Crippen LogP contribution in [-0.2, 0) is 10.0 Å². The molecule has 2 aromatic rings. The van der Waals surface area contributed by atoms with Crippen LogP contribution in [0.4, 0.5) is 5.69 Å². The van der Waals surface area contributed by atoms with Crippen LogP contribution >= 0.6 is 27.5 Å². The molecule has 0 radical (unpaired) electrons. The molecule has 1 N–H and O–H groups in total. The van der Waals surface area contributed by atoms with Gasteiger partial charge in [0.2, 0.25) is 0 Å². The molecule has 1 aromatic carbocycles. The summed E-state index contributed by atoms with van der Waals surface area (Å²) in [6, 6.07) is 9.49. The molecule has 0 spiro atoms. The van der Waals surface area contributed by atoms with Crippen molar-refractivity contribution in [2.45, 2.75) is 4.90 Å². The number of aromatic nitrogens is 1. The molecule has 0 amide bonds. The first-order valence-corrected chi connectivity index (χ1v) is 7.53. The monoisotopic (exact) mass is 346 g/mol. The molecule has 0 aliphatic carbocycles. The molecule has 0 saturated heterocycles. The van der Waals surface area contributed by atoms with Gasteiger partial charge in [-0.25, -0.2) is 13.4 Å². The maximum absolute atomic E-state index is 12.0. The van der Waals surface area contributed by atoms with Gasteiger partial charge < -0.3 is 0 Å². The summed E-state index contributed by atoms with van der Waals surface area (Å²) >= 11 is 8.85. The number of rotatable bonds is 3. The normalized spacial score (nSPS) is 11.2. The van der Waals surface area contributed by atoms with Crippen LogP contribution < -0.4 is 4.72 Å². The van der Waals surface area contributed by atoms with Crippen molar-refractivity contribution in [3.8, 4) is 0 Å². The summed E-state index contributed by atoms with van der Waals surface area (Å²) in [6.45, 7) is 0. The molecule has 0 aliphatic heterocycles. The highest BCUT2D eigenvalue weighted by Gasteiger charge is 2.14. The van der Waals surface area contributed by atoms with Crippen molar-refractivity contribution < 1.29 is 8.42 Å². The minimum atomic E-state index is -3.61. The molecule has 0 unspecified atom stereocenters. The minimum Gasteiger partial charge on any atom is -0.278 e. The Balaban J connectivity index is 2.30. The summed E-state index contributed by atoms with van der Waals surface area (Å²) < 4.78 is 27.2. The molecule has 0 aliphatic rings. The van der Waals surface area contributed by atoms with E-state index in [2.05, 4.69) is 25.6 Å². The number of nitrogens with zero attached hydrogens (tertiary/aromatic N) is 1. The van der Waals surface area contributed by atoms with Crippen molar-refractivity contribution in [1.82, 2.24) is 4.98 Å². The number of sulfonamides is 1. The summed E-state index contributed by atoms with van der Waals surface area (Å²) in [4.78, 5) is 3.98. The Kier molecular flexibility index (Phi) is 3.89. The SMILES string of the molecule is O=S(=O)(Nc1ccc(Cl)nc1)c1cccc(Br)c1. The van der Waals surface area contributed by atoms with Crippen LogP contribution in [0.15, 0.2) is 52.0 Å². The molecule has 0 fully saturated rings. The molecule has 2 rings (SSSR count). The van der Waals surface area contributed by atoms with Gasteiger partial charge in [-0.2, -0.15) is 0 Å². The van der Waals surface area contributed by atoms with Gasteiger partial charge in [-0.05, 0) is 30.3 Å². The van der Waals surface area contributed by atoms with Gasteiger partial charge in [-0.3, -0.25) is 4.72 Å². The first kappa shape index (κ1) is 13.3. The Morgan fingerprint density at radius 3 is 2.61 bits per heavy atom. The van der Waals surface area contributed by atoms with Crippen LogP contribution in [-0.4, -0.2) is 13.4 Å². The van der Waals surface area contributed by atoms with Crippen molar-refractivity contribution in [3.05, 3.63) is 52.2 Å². The lowest BCUT2D eigenvalue weighted by Crippen LogP contribution is -2.12. The van der Waals surface area contributed by atoms with E-state index in [0.29, 0.717) is 15.3 Å². The number of nitrogens with one attached hydrogen (secondary N) is 1. The predicted octanol–water partition coefficient (Wildman–Crippen LogP) is 3.30. The lowest BCUT2D eigenvalue weighted by atomic mass is 10.4. The summed E-state index contributed by atoms with van der Waals surface area (Å²) in [7, 11) is -3.61. The van der Waals surface area contributed by atoms with Crippen molar-refractivity contribution >= 4 is 43.2 Å². The number of hydrogen-bond donors (Lipinski definition) is 1. The number of benzene rings is 1. The van der Waals surface area contributed by atoms with E-state index >= 15 is 0 Å². The molecule has 0 atom stereocenters. The van der Waals surface area contributed by atoms with Gasteiger partial charge in [-0.15, -0.1) is 0 Å². The maximum Gasteiger partial charge on any atom is 0.261 e. The molecular weight excluding hydrogens is 340 g/mol. The van der Waals surface area contributed by atoms with Gasteiger partial charge in [0.15, 0.2) is 0 Å². The highest BCUT2D eigenvalue weighted by atomic mass is 79.9. The molecular formula is C11H8BrClN2O2S. The van der Waals surface area contributed by atoms with E-state index in [1.165, 1.54) is 24.4 Å². The second-order valence-electron chi connectivity index (χ2n) is 3.43. The third kappa shape index (κ3) is 3.22. The average Bonchev–Trinajstić information content (AvgIpc) is 2.32. The third-order valence-electron chi connectivity index (χ3n) is 2.09. The van der Waals surface area contributed by atoms with E-state index in [1.54, 1.807) is 18.2 Å². The highest BCUT2D eigenvalue weighted by molar-refractivity contribution is 9.10. The minimum absolute atomic E-state index is 0.173. The van der Waals surface area contributed by atoms with Crippen molar-refractivity contribution in [1.29, 1.82) is 0 Å². The Labute approximate surface area is 118 Å².